The van der Waals surface area contributed by atoms with Crippen LogP contribution in [-0.4, -0.2) is 22.9 Å². The van der Waals surface area contributed by atoms with Gasteiger partial charge >= 0.3 is 0 Å². The van der Waals surface area contributed by atoms with Crippen LogP contribution in [0.25, 0.3) is 0 Å². The van der Waals surface area contributed by atoms with E-state index in [1.54, 1.807) is 6.07 Å². The van der Waals surface area contributed by atoms with Gasteiger partial charge in [-0.3, -0.25) is 0 Å². The summed E-state index contributed by atoms with van der Waals surface area (Å²) in [5, 5.41) is 10.6. The molecule has 0 saturated heterocycles. The number of hydrogen-bond acceptors (Lipinski definition) is 3. The van der Waals surface area contributed by atoms with Crippen molar-refractivity contribution in [1.29, 1.82) is 0 Å². The first kappa shape index (κ1) is 24.8. The lowest BCUT2D eigenvalue weighted by Gasteiger charge is -2.33. The van der Waals surface area contributed by atoms with Crippen molar-refractivity contribution < 1.29 is 14.6 Å². The highest BCUT2D eigenvalue weighted by Crippen LogP contribution is 2.37. The molecule has 2 atom stereocenters. The summed E-state index contributed by atoms with van der Waals surface area (Å²) in [7, 11) is 0. The van der Waals surface area contributed by atoms with E-state index in [1.807, 2.05) is 12.1 Å². The van der Waals surface area contributed by atoms with Gasteiger partial charge in [-0.2, -0.15) is 0 Å². The van der Waals surface area contributed by atoms with Gasteiger partial charge in [0.05, 0.1) is 12.2 Å². The highest BCUT2D eigenvalue weighted by Gasteiger charge is 2.27. The summed E-state index contributed by atoms with van der Waals surface area (Å²) in [6, 6.07) is 5.77. The van der Waals surface area contributed by atoms with Crippen LogP contribution in [-0.2, 0) is 4.74 Å². The minimum absolute atomic E-state index is 0.0578. The monoisotopic (exact) mass is 392 g/mol. The normalized spacial score (nSPS) is 15.9. The minimum Gasteiger partial charge on any atom is -0.508 e. The largest absolute Gasteiger partial charge is 0.508 e. The van der Waals surface area contributed by atoms with Crippen molar-refractivity contribution in [3.05, 3.63) is 23.8 Å². The summed E-state index contributed by atoms with van der Waals surface area (Å²) < 4.78 is 12.5. The van der Waals surface area contributed by atoms with E-state index in [4.69, 9.17) is 9.47 Å². The summed E-state index contributed by atoms with van der Waals surface area (Å²) in [5.74, 6) is 1.36. The highest BCUT2D eigenvalue weighted by atomic mass is 16.5. The zero-order chi connectivity index (χ0) is 21.6. The van der Waals surface area contributed by atoms with Crippen molar-refractivity contribution in [1.82, 2.24) is 0 Å². The molecule has 0 fully saturated rings. The van der Waals surface area contributed by atoms with Gasteiger partial charge in [-0.1, -0.05) is 54.5 Å². The third-order valence-electron chi connectivity index (χ3n) is 6.14. The quantitative estimate of drug-likeness (QED) is 0.424. The Bertz CT molecular complexity index is 598. The Morgan fingerprint density at radius 2 is 1.50 bits per heavy atom. The predicted octanol–water partition coefficient (Wildman–Crippen LogP) is 7.46. The van der Waals surface area contributed by atoms with Crippen molar-refractivity contribution in [2.45, 2.75) is 112 Å². The number of hydrogen-bond donors (Lipinski definition) is 1. The minimum atomic E-state index is -0.312. The topological polar surface area (TPSA) is 38.7 Å². The first-order valence-electron chi connectivity index (χ1n) is 11.0. The number of phenols is 1. The van der Waals surface area contributed by atoms with Gasteiger partial charge in [-0.25, -0.2) is 0 Å². The summed E-state index contributed by atoms with van der Waals surface area (Å²) in [6.45, 7) is 20.3. The van der Waals surface area contributed by atoms with E-state index in [9.17, 15) is 5.11 Å². The molecule has 3 heteroatoms. The number of ether oxygens (including phenoxy) is 2. The SMILES string of the molecule is CCC(C)(CC)OCCC(C)(CC)Oc1ccc(C(C)CC(C)(C)C)c(O)c1. The molecule has 0 aliphatic carbocycles. The first-order valence-corrected chi connectivity index (χ1v) is 11.0. The Hall–Kier alpha value is -1.22. The lowest BCUT2D eigenvalue weighted by atomic mass is 9.82. The van der Waals surface area contributed by atoms with Gasteiger partial charge in [0.25, 0.3) is 0 Å². The third kappa shape index (κ3) is 7.66. The van der Waals surface area contributed by atoms with Gasteiger partial charge in [0.1, 0.15) is 17.1 Å². The first-order chi connectivity index (χ1) is 12.9. The van der Waals surface area contributed by atoms with Crippen LogP contribution >= 0.6 is 0 Å². The smallest absolute Gasteiger partial charge is 0.123 e. The molecule has 0 spiro atoms. The van der Waals surface area contributed by atoms with Gasteiger partial charge in [0.15, 0.2) is 0 Å². The number of benzene rings is 1. The Morgan fingerprint density at radius 3 is 1.96 bits per heavy atom. The lowest BCUT2D eigenvalue weighted by Crippen LogP contribution is -2.35. The number of phenolic OH excluding ortho intramolecular Hbond substituents is 1. The fourth-order valence-electron chi connectivity index (χ4n) is 3.58. The molecule has 0 saturated carbocycles. The van der Waals surface area contributed by atoms with Gasteiger partial charge in [-0.15, -0.1) is 0 Å². The van der Waals surface area contributed by atoms with E-state index in [0.717, 1.165) is 43.4 Å². The Labute approximate surface area is 173 Å². The van der Waals surface area contributed by atoms with E-state index >= 15 is 0 Å². The molecule has 0 radical (unpaired) electrons. The second kappa shape index (κ2) is 10.0. The summed E-state index contributed by atoms with van der Waals surface area (Å²) in [4.78, 5) is 0. The van der Waals surface area contributed by atoms with E-state index in [-0.39, 0.29) is 16.6 Å². The van der Waals surface area contributed by atoms with Gasteiger partial charge in [0, 0.05) is 12.5 Å². The predicted molar refractivity (Wildman–Crippen MR) is 119 cm³/mol. The summed E-state index contributed by atoms with van der Waals surface area (Å²) in [6.07, 6.45) is 4.75. The molecule has 0 aliphatic heterocycles. The van der Waals surface area contributed by atoms with Crippen molar-refractivity contribution in [2.24, 2.45) is 5.41 Å². The average molecular weight is 393 g/mol. The Balaban J connectivity index is 2.80. The molecule has 1 aromatic rings. The molecule has 0 aromatic heterocycles. The van der Waals surface area contributed by atoms with E-state index < -0.39 is 0 Å². The van der Waals surface area contributed by atoms with Gasteiger partial charge in [-0.05, 0) is 62.5 Å². The van der Waals surface area contributed by atoms with Crippen LogP contribution in [0, 0.1) is 5.41 Å². The van der Waals surface area contributed by atoms with E-state index in [2.05, 4.69) is 62.3 Å². The third-order valence-corrected chi connectivity index (χ3v) is 6.14. The maximum atomic E-state index is 10.6. The second-order valence-corrected chi connectivity index (χ2v) is 10.0. The molecular weight excluding hydrogens is 348 g/mol. The highest BCUT2D eigenvalue weighted by molar-refractivity contribution is 5.41. The molecule has 1 N–H and O–H groups in total. The Morgan fingerprint density at radius 1 is 0.929 bits per heavy atom. The van der Waals surface area contributed by atoms with Crippen molar-refractivity contribution in [3.63, 3.8) is 0 Å². The standard InChI is InChI=1S/C25H44O3/c1-10-24(8,11-2)27-16-15-25(9,12-3)28-20-13-14-21(22(26)17-20)19(4)18-23(5,6)7/h13-14,17,19,26H,10-12,15-16,18H2,1-9H3. The molecule has 0 amide bonds. The molecule has 0 bridgehead atoms. The van der Waals surface area contributed by atoms with Gasteiger partial charge in [0.2, 0.25) is 0 Å². The summed E-state index contributed by atoms with van der Waals surface area (Å²) >= 11 is 0. The van der Waals surface area contributed by atoms with Crippen LogP contribution in [0.1, 0.15) is 106 Å². The maximum Gasteiger partial charge on any atom is 0.123 e. The van der Waals surface area contributed by atoms with Crippen LogP contribution < -0.4 is 4.74 Å². The molecular formula is C25H44O3. The molecule has 0 aliphatic rings. The van der Waals surface area contributed by atoms with Crippen molar-refractivity contribution in [2.75, 3.05) is 6.61 Å². The number of aromatic hydroxyl groups is 1. The maximum absolute atomic E-state index is 10.6. The molecule has 2 unspecified atom stereocenters. The van der Waals surface area contributed by atoms with Crippen LogP contribution in [0.3, 0.4) is 0 Å². The fraction of sp³-hybridized carbons (Fsp3) is 0.760. The van der Waals surface area contributed by atoms with Gasteiger partial charge < -0.3 is 14.6 Å². The molecule has 162 valence electrons. The zero-order valence-corrected chi connectivity index (χ0v) is 19.8. The van der Waals surface area contributed by atoms with Crippen LogP contribution in [0.2, 0.25) is 0 Å². The molecule has 28 heavy (non-hydrogen) atoms. The van der Waals surface area contributed by atoms with Crippen LogP contribution in [0.4, 0.5) is 0 Å². The van der Waals surface area contributed by atoms with E-state index in [0.29, 0.717) is 18.3 Å². The summed E-state index contributed by atoms with van der Waals surface area (Å²) in [5.41, 5.74) is 0.851. The molecule has 1 aromatic carbocycles. The fourth-order valence-corrected chi connectivity index (χ4v) is 3.58. The lowest BCUT2D eigenvalue weighted by molar-refractivity contribution is -0.0594. The number of rotatable bonds is 11. The molecule has 0 heterocycles. The second-order valence-electron chi connectivity index (χ2n) is 10.0. The molecule has 3 nitrogen and oxygen atoms in total. The van der Waals surface area contributed by atoms with Crippen LogP contribution in [0.5, 0.6) is 11.5 Å². The van der Waals surface area contributed by atoms with Crippen molar-refractivity contribution in [3.8, 4) is 11.5 Å². The van der Waals surface area contributed by atoms with Crippen molar-refractivity contribution >= 4 is 0 Å². The van der Waals surface area contributed by atoms with E-state index in [1.165, 1.54) is 0 Å². The molecule has 1 rings (SSSR count). The zero-order valence-electron chi connectivity index (χ0n) is 19.8. The Kier molecular flexibility index (Phi) is 8.87. The van der Waals surface area contributed by atoms with Crippen LogP contribution in [0.15, 0.2) is 18.2 Å². The average Bonchev–Trinajstić information content (AvgIpc) is 2.60.